The molecule has 0 radical (unpaired) electrons. The third kappa shape index (κ3) is 13.2. The number of phenols is 1. The van der Waals surface area contributed by atoms with Crippen LogP contribution in [0.4, 0.5) is 0 Å². The summed E-state index contributed by atoms with van der Waals surface area (Å²) in [4.78, 5) is 35.8. The van der Waals surface area contributed by atoms with Crippen molar-refractivity contribution >= 4 is 17.9 Å². The molecule has 192 valence electrons. The van der Waals surface area contributed by atoms with Gasteiger partial charge in [-0.2, -0.15) is 0 Å². The Morgan fingerprint density at radius 3 is 2.18 bits per heavy atom. The molecule has 9 nitrogen and oxygen atoms in total. The molecule has 0 aromatic heterocycles. The Kier molecular flexibility index (Phi) is 11.5. The third-order valence-electron chi connectivity index (χ3n) is 4.48. The fraction of sp³-hybridized carbons (Fsp3) is 0.640. The number of hydrogen-bond acceptors (Lipinski definition) is 9. The largest absolute Gasteiger partial charge is 0.508 e. The van der Waals surface area contributed by atoms with Crippen molar-refractivity contribution < 1.29 is 33.7 Å². The molecule has 0 aliphatic carbocycles. The molecule has 1 unspecified atom stereocenters. The monoisotopic (exact) mass is 480 g/mol. The lowest BCUT2D eigenvalue weighted by Gasteiger charge is -2.24. The fourth-order valence-electron chi connectivity index (χ4n) is 3.07. The Morgan fingerprint density at radius 2 is 1.59 bits per heavy atom. The van der Waals surface area contributed by atoms with Crippen LogP contribution in [0.5, 0.6) is 5.75 Å². The molecule has 1 aromatic rings. The summed E-state index contributed by atoms with van der Waals surface area (Å²) >= 11 is 0. The first-order valence-electron chi connectivity index (χ1n) is 11.4. The van der Waals surface area contributed by atoms with Crippen LogP contribution >= 0.6 is 0 Å². The van der Waals surface area contributed by atoms with E-state index in [4.69, 9.17) is 9.47 Å². The lowest BCUT2D eigenvalue weighted by atomic mass is 10.0. The molecule has 0 aliphatic rings. The summed E-state index contributed by atoms with van der Waals surface area (Å²) in [5.74, 6) is -0.965. The van der Waals surface area contributed by atoms with Crippen LogP contribution in [-0.4, -0.2) is 60.5 Å². The van der Waals surface area contributed by atoms with Crippen molar-refractivity contribution in [2.45, 2.75) is 84.6 Å². The van der Waals surface area contributed by atoms with Crippen molar-refractivity contribution in [1.82, 2.24) is 10.6 Å². The van der Waals surface area contributed by atoms with Gasteiger partial charge in [0.25, 0.3) is 0 Å². The number of aryl methyl sites for hydroxylation is 1. The van der Waals surface area contributed by atoms with Crippen LogP contribution in [0.1, 0.15) is 65.5 Å². The van der Waals surface area contributed by atoms with E-state index in [1.807, 2.05) is 6.07 Å². The average molecular weight is 481 g/mol. The first-order chi connectivity index (χ1) is 15.7. The predicted molar refractivity (Wildman–Crippen MR) is 128 cm³/mol. The number of carbonyl (C=O) groups excluding carboxylic acids is 3. The Labute approximate surface area is 202 Å². The van der Waals surface area contributed by atoms with E-state index in [9.17, 15) is 19.5 Å². The summed E-state index contributed by atoms with van der Waals surface area (Å²) in [5.41, 5.74) is 0.316. The number of esters is 3. The number of hydrogen-bond donors (Lipinski definition) is 3. The van der Waals surface area contributed by atoms with E-state index in [2.05, 4.69) is 15.4 Å². The third-order valence-corrected chi connectivity index (χ3v) is 4.48. The molecule has 1 rings (SSSR count). The first kappa shape index (κ1) is 29.4. The van der Waals surface area contributed by atoms with E-state index in [0.717, 1.165) is 5.56 Å². The number of methoxy groups -OCH3 is 1. The van der Waals surface area contributed by atoms with Gasteiger partial charge in [-0.3, -0.25) is 14.4 Å². The SMILES string of the molecule is COC(=O)CCc1ccc(O)c(CNC(CNCC(=O)OC(C)(C)C)CC(=O)OC(C)(C)C)c1. The van der Waals surface area contributed by atoms with Gasteiger partial charge < -0.3 is 30.0 Å². The van der Waals surface area contributed by atoms with Crippen LogP contribution in [0, 0.1) is 0 Å². The van der Waals surface area contributed by atoms with Gasteiger partial charge in [0.05, 0.1) is 20.1 Å². The van der Waals surface area contributed by atoms with Crippen molar-refractivity contribution in [3.05, 3.63) is 29.3 Å². The second-order valence-electron chi connectivity index (χ2n) is 10.1. The minimum Gasteiger partial charge on any atom is -0.508 e. The highest BCUT2D eigenvalue weighted by Gasteiger charge is 2.22. The van der Waals surface area contributed by atoms with Gasteiger partial charge in [-0.1, -0.05) is 12.1 Å². The van der Waals surface area contributed by atoms with E-state index in [1.165, 1.54) is 7.11 Å². The van der Waals surface area contributed by atoms with Crippen LogP contribution in [0.3, 0.4) is 0 Å². The van der Waals surface area contributed by atoms with Crippen LogP contribution in [0.25, 0.3) is 0 Å². The Bertz CT molecular complexity index is 826. The van der Waals surface area contributed by atoms with Crippen molar-refractivity contribution in [3.8, 4) is 5.75 Å². The minimum atomic E-state index is -0.613. The smallest absolute Gasteiger partial charge is 0.320 e. The van der Waals surface area contributed by atoms with Crippen LogP contribution < -0.4 is 10.6 Å². The highest BCUT2D eigenvalue weighted by atomic mass is 16.6. The minimum absolute atomic E-state index is 0.00195. The summed E-state index contributed by atoms with van der Waals surface area (Å²) in [5, 5.41) is 16.5. The molecule has 0 bridgehead atoms. The molecule has 0 spiro atoms. The normalized spacial score (nSPS) is 12.7. The molecule has 0 fully saturated rings. The molecule has 0 amide bonds. The lowest BCUT2D eigenvalue weighted by Crippen LogP contribution is -2.43. The van der Waals surface area contributed by atoms with E-state index >= 15 is 0 Å². The van der Waals surface area contributed by atoms with E-state index < -0.39 is 11.2 Å². The van der Waals surface area contributed by atoms with Crippen LogP contribution in [0.15, 0.2) is 18.2 Å². The Balaban J connectivity index is 2.79. The quantitative estimate of drug-likeness (QED) is 0.306. The molecule has 3 N–H and O–H groups in total. The molecule has 1 atom stereocenters. The molecule has 34 heavy (non-hydrogen) atoms. The molecule has 0 saturated heterocycles. The van der Waals surface area contributed by atoms with Crippen molar-refractivity contribution in [2.24, 2.45) is 0 Å². The van der Waals surface area contributed by atoms with Gasteiger partial charge in [0.2, 0.25) is 0 Å². The summed E-state index contributed by atoms with van der Waals surface area (Å²) in [6, 6.07) is 4.77. The maximum absolute atomic E-state index is 12.4. The highest BCUT2D eigenvalue weighted by molar-refractivity contribution is 5.72. The van der Waals surface area contributed by atoms with E-state index in [-0.39, 0.29) is 55.6 Å². The molecule has 0 heterocycles. The summed E-state index contributed by atoms with van der Waals surface area (Å²) in [6.45, 7) is 11.4. The van der Waals surface area contributed by atoms with Gasteiger partial charge in [-0.25, -0.2) is 0 Å². The molecule has 9 heteroatoms. The number of rotatable bonds is 12. The maximum atomic E-state index is 12.4. The predicted octanol–water partition coefficient (Wildman–Crippen LogP) is 2.62. The van der Waals surface area contributed by atoms with Gasteiger partial charge in [0, 0.05) is 31.1 Å². The van der Waals surface area contributed by atoms with Crippen LogP contribution in [-0.2, 0) is 41.6 Å². The second-order valence-corrected chi connectivity index (χ2v) is 10.1. The number of benzene rings is 1. The number of aromatic hydroxyl groups is 1. The van der Waals surface area contributed by atoms with Crippen molar-refractivity contribution in [2.75, 3.05) is 20.2 Å². The second kappa shape index (κ2) is 13.3. The van der Waals surface area contributed by atoms with Crippen molar-refractivity contribution in [3.63, 3.8) is 0 Å². The Hall–Kier alpha value is -2.65. The molecule has 0 aliphatic heterocycles. The highest BCUT2D eigenvalue weighted by Crippen LogP contribution is 2.20. The molecule has 0 saturated carbocycles. The average Bonchev–Trinajstić information content (AvgIpc) is 2.68. The first-order valence-corrected chi connectivity index (χ1v) is 11.4. The van der Waals surface area contributed by atoms with Crippen LogP contribution in [0.2, 0.25) is 0 Å². The van der Waals surface area contributed by atoms with Crippen molar-refractivity contribution in [1.29, 1.82) is 0 Å². The lowest BCUT2D eigenvalue weighted by molar-refractivity contribution is -0.155. The van der Waals surface area contributed by atoms with Gasteiger partial charge in [0.15, 0.2) is 0 Å². The maximum Gasteiger partial charge on any atom is 0.320 e. The summed E-state index contributed by atoms with van der Waals surface area (Å²) < 4.78 is 15.4. The zero-order chi connectivity index (χ0) is 25.9. The molecular formula is C25H40N2O7. The van der Waals surface area contributed by atoms with E-state index in [0.29, 0.717) is 18.5 Å². The number of ether oxygens (including phenoxy) is 3. The topological polar surface area (TPSA) is 123 Å². The number of carbonyl (C=O) groups is 3. The molecule has 1 aromatic carbocycles. The number of phenolic OH excluding ortho intramolecular Hbond substituents is 1. The zero-order valence-corrected chi connectivity index (χ0v) is 21.4. The van der Waals surface area contributed by atoms with Gasteiger partial charge in [0.1, 0.15) is 17.0 Å². The Morgan fingerprint density at radius 1 is 0.971 bits per heavy atom. The molecular weight excluding hydrogens is 440 g/mol. The summed E-state index contributed by atoms with van der Waals surface area (Å²) in [6.07, 6.45) is 0.796. The van der Waals surface area contributed by atoms with Gasteiger partial charge in [-0.15, -0.1) is 0 Å². The van der Waals surface area contributed by atoms with E-state index in [1.54, 1.807) is 53.7 Å². The van der Waals surface area contributed by atoms with Gasteiger partial charge in [-0.05, 0) is 59.6 Å². The number of nitrogens with one attached hydrogen (secondary N) is 2. The summed E-state index contributed by atoms with van der Waals surface area (Å²) in [7, 11) is 1.34. The zero-order valence-electron chi connectivity index (χ0n) is 21.4. The standard InChI is InChI=1S/C25H40N2O7/c1-24(2,3)33-22(30)13-19(15-26-16-23(31)34-25(4,5)6)27-14-18-12-17(8-10-20(18)28)9-11-21(29)32-7/h8,10,12,19,26-28H,9,11,13-16H2,1-7H3. The van der Waals surface area contributed by atoms with Gasteiger partial charge >= 0.3 is 17.9 Å². The fourth-order valence-corrected chi connectivity index (χ4v) is 3.07.